The number of hydrogen-bond acceptors (Lipinski definition) is 4. The Morgan fingerprint density at radius 3 is 2.52 bits per heavy atom. The van der Waals surface area contributed by atoms with Crippen molar-refractivity contribution in [1.82, 2.24) is 5.32 Å². The Hall–Kier alpha value is -1.36. The van der Waals surface area contributed by atoms with Crippen LogP contribution in [0, 0.1) is 29.1 Å². The zero-order chi connectivity index (χ0) is 20.2. The first-order chi connectivity index (χ1) is 13.9. The molecule has 4 saturated carbocycles. The lowest BCUT2D eigenvalue weighted by Crippen LogP contribution is -2.56. The number of rotatable bonds is 5. The van der Waals surface area contributed by atoms with Crippen molar-refractivity contribution in [3.05, 3.63) is 21.4 Å². The van der Waals surface area contributed by atoms with Crippen molar-refractivity contribution in [3.63, 3.8) is 0 Å². The summed E-state index contributed by atoms with van der Waals surface area (Å²) in [6.45, 7) is 4.25. The number of esters is 1. The molecule has 5 aliphatic rings. The Bertz CT molecular complexity index is 778. The molecule has 2 atom stereocenters. The lowest BCUT2D eigenvalue weighted by molar-refractivity contribution is -0.128. The van der Waals surface area contributed by atoms with Crippen LogP contribution in [0.1, 0.15) is 78.9 Å². The molecule has 0 spiro atoms. The number of thiophene rings is 1. The van der Waals surface area contributed by atoms with Crippen molar-refractivity contribution in [3.8, 4) is 0 Å². The van der Waals surface area contributed by atoms with E-state index in [2.05, 4.69) is 19.2 Å². The van der Waals surface area contributed by atoms with E-state index < -0.39 is 0 Å². The summed E-state index contributed by atoms with van der Waals surface area (Å²) in [7, 11) is 0. The molecule has 5 heteroatoms. The highest BCUT2D eigenvalue weighted by Crippen LogP contribution is 2.61. The van der Waals surface area contributed by atoms with Crippen LogP contribution in [-0.4, -0.2) is 24.5 Å². The van der Waals surface area contributed by atoms with Crippen molar-refractivity contribution in [2.24, 2.45) is 29.1 Å². The van der Waals surface area contributed by atoms with Crippen LogP contribution < -0.4 is 5.32 Å². The standard InChI is InChI=1S/C24H33NO3S/c1-14-3-4-20-19(5-14)9-21(29-20)23(27)28-13-22(26)25-15(2)24-10-16-6-17(11-24)8-18(7-16)12-24/h9,14-18H,3-8,10-13H2,1-2H3,(H,25,26)/t14-,15+,16?,17?,18?,24?/m1/s1. The van der Waals surface area contributed by atoms with Crippen LogP contribution in [0.3, 0.4) is 0 Å². The van der Waals surface area contributed by atoms with Gasteiger partial charge in [0, 0.05) is 10.9 Å². The number of carbonyl (C=O) groups is 2. The van der Waals surface area contributed by atoms with Gasteiger partial charge in [-0.2, -0.15) is 0 Å². The Morgan fingerprint density at radius 2 is 1.86 bits per heavy atom. The van der Waals surface area contributed by atoms with Crippen molar-refractivity contribution in [2.75, 3.05) is 6.61 Å². The van der Waals surface area contributed by atoms with Crippen molar-refractivity contribution in [2.45, 2.75) is 77.7 Å². The van der Waals surface area contributed by atoms with Gasteiger partial charge in [-0.1, -0.05) is 6.92 Å². The number of carbonyl (C=O) groups excluding carboxylic acids is 2. The van der Waals surface area contributed by atoms with Gasteiger partial charge in [0.2, 0.25) is 0 Å². The van der Waals surface area contributed by atoms with Gasteiger partial charge in [-0.3, -0.25) is 4.79 Å². The molecule has 1 heterocycles. The van der Waals surface area contributed by atoms with E-state index in [1.165, 1.54) is 55.4 Å². The second-order valence-corrected chi connectivity index (χ2v) is 11.7. The molecule has 0 unspecified atom stereocenters. The van der Waals surface area contributed by atoms with Gasteiger partial charge in [0.25, 0.3) is 5.91 Å². The first-order valence-corrected chi connectivity index (χ1v) is 12.3. The summed E-state index contributed by atoms with van der Waals surface area (Å²) in [5.41, 5.74) is 1.57. The van der Waals surface area contributed by atoms with Crippen LogP contribution in [0.4, 0.5) is 0 Å². The van der Waals surface area contributed by atoms with Crippen LogP contribution in [-0.2, 0) is 22.4 Å². The third kappa shape index (κ3) is 3.75. The van der Waals surface area contributed by atoms with E-state index in [4.69, 9.17) is 4.74 Å². The molecule has 5 aliphatic carbocycles. The number of nitrogens with one attached hydrogen (secondary N) is 1. The molecule has 4 fully saturated rings. The van der Waals surface area contributed by atoms with E-state index >= 15 is 0 Å². The molecule has 4 bridgehead atoms. The fourth-order valence-electron chi connectivity index (χ4n) is 7.15. The third-order valence-electron chi connectivity index (χ3n) is 8.25. The van der Waals surface area contributed by atoms with Gasteiger partial charge in [0.15, 0.2) is 6.61 Å². The van der Waals surface area contributed by atoms with Crippen LogP contribution in [0.2, 0.25) is 0 Å². The van der Waals surface area contributed by atoms with Gasteiger partial charge in [-0.15, -0.1) is 11.3 Å². The summed E-state index contributed by atoms with van der Waals surface area (Å²) in [5.74, 6) is 2.77. The van der Waals surface area contributed by atoms with Crippen molar-refractivity contribution in [1.29, 1.82) is 0 Å². The monoisotopic (exact) mass is 415 g/mol. The van der Waals surface area contributed by atoms with Crippen LogP contribution in [0.15, 0.2) is 6.07 Å². The molecule has 6 rings (SSSR count). The molecule has 1 aromatic heterocycles. The minimum absolute atomic E-state index is 0.156. The number of aryl methyl sites for hydroxylation is 1. The minimum atomic E-state index is -0.352. The van der Waals surface area contributed by atoms with E-state index in [1.54, 1.807) is 11.3 Å². The van der Waals surface area contributed by atoms with E-state index in [1.807, 2.05) is 6.07 Å². The summed E-state index contributed by atoms with van der Waals surface area (Å²) in [6, 6.07) is 2.14. The number of amides is 1. The molecular weight excluding hydrogens is 382 g/mol. The van der Waals surface area contributed by atoms with E-state index in [0.717, 1.165) is 30.6 Å². The highest BCUT2D eigenvalue weighted by molar-refractivity contribution is 7.14. The normalized spacial score (nSPS) is 35.8. The average molecular weight is 416 g/mol. The van der Waals surface area contributed by atoms with Gasteiger partial charge in [0.05, 0.1) is 0 Å². The molecule has 1 N–H and O–H groups in total. The van der Waals surface area contributed by atoms with Crippen molar-refractivity contribution >= 4 is 23.2 Å². The van der Waals surface area contributed by atoms with Gasteiger partial charge in [-0.25, -0.2) is 4.79 Å². The maximum atomic E-state index is 12.5. The molecule has 0 aliphatic heterocycles. The van der Waals surface area contributed by atoms with Gasteiger partial charge in [-0.05, 0) is 105 Å². The first-order valence-electron chi connectivity index (χ1n) is 11.5. The smallest absolute Gasteiger partial charge is 0.348 e. The highest BCUT2D eigenvalue weighted by atomic mass is 32.1. The second-order valence-electron chi connectivity index (χ2n) is 10.6. The maximum Gasteiger partial charge on any atom is 0.348 e. The zero-order valence-electron chi connectivity index (χ0n) is 17.7. The predicted molar refractivity (Wildman–Crippen MR) is 114 cm³/mol. The lowest BCUT2D eigenvalue weighted by atomic mass is 9.48. The Labute approximate surface area is 177 Å². The molecule has 1 aromatic rings. The number of hydrogen-bond donors (Lipinski definition) is 1. The molecule has 29 heavy (non-hydrogen) atoms. The summed E-state index contributed by atoms with van der Waals surface area (Å²) < 4.78 is 5.37. The molecule has 0 aromatic carbocycles. The quantitative estimate of drug-likeness (QED) is 0.706. The Morgan fingerprint density at radius 1 is 1.21 bits per heavy atom. The molecule has 158 valence electrons. The highest BCUT2D eigenvalue weighted by Gasteiger charge is 2.53. The summed E-state index contributed by atoms with van der Waals surface area (Å²) in [5, 5.41) is 3.19. The fourth-order valence-corrected chi connectivity index (χ4v) is 8.25. The summed E-state index contributed by atoms with van der Waals surface area (Å²) >= 11 is 1.54. The maximum absolute atomic E-state index is 12.5. The fraction of sp³-hybridized carbons (Fsp3) is 0.750. The van der Waals surface area contributed by atoms with Gasteiger partial charge >= 0.3 is 5.97 Å². The Balaban J connectivity index is 1.15. The van der Waals surface area contributed by atoms with E-state index in [9.17, 15) is 9.59 Å². The number of ether oxygens (including phenoxy) is 1. The second kappa shape index (κ2) is 7.40. The molecular formula is C24H33NO3S. The van der Waals surface area contributed by atoms with Gasteiger partial charge < -0.3 is 10.1 Å². The topological polar surface area (TPSA) is 55.4 Å². The molecule has 4 nitrogen and oxygen atoms in total. The van der Waals surface area contributed by atoms with Crippen molar-refractivity contribution < 1.29 is 14.3 Å². The Kier molecular flexibility index (Phi) is 5.00. The molecule has 0 radical (unpaired) electrons. The molecule has 0 saturated heterocycles. The zero-order valence-corrected chi connectivity index (χ0v) is 18.5. The minimum Gasteiger partial charge on any atom is -0.451 e. The SMILES string of the molecule is C[C@@H]1CCc2sc(C(=O)OCC(=O)N[C@@H](C)C34CC5CC(CC(C5)C3)C4)cc2C1. The summed E-state index contributed by atoms with van der Waals surface area (Å²) in [4.78, 5) is 27.0. The molecule has 1 amide bonds. The van der Waals surface area contributed by atoms with Crippen LogP contribution in [0.5, 0.6) is 0 Å². The van der Waals surface area contributed by atoms with Crippen LogP contribution >= 0.6 is 11.3 Å². The third-order valence-corrected chi connectivity index (χ3v) is 9.46. The number of fused-ring (bicyclic) bond motifs is 1. The van der Waals surface area contributed by atoms with Crippen LogP contribution in [0.25, 0.3) is 0 Å². The van der Waals surface area contributed by atoms with Gasteiger partial charge in [0.1, 0.15) is 4.88 Å². The average Bonchev–Trinajstić information content (AvgIpc) is 3.08. The summed E-state index contributed by atoms with van der Waals surface area (Å²) in [6.07, 6.45) is 11.3. The van der Waals surface area contributed by atoms with E-state index in [0.29, 0.717) is 10.8 Å². The lowest BCUT2D eigenvalue weighted by Gasteiger charge is -2.59. The largest absolute Gasteiger partial charge is 0.451 e. The first kappa shape index (κ1) is 19.6. The predicted octanol–water partition coefficient (Wildman–Crippen LogP) is 4.75. The van der Waals surface area contributed by atoms with E-state index in [-0.39, 0.29) is 29.9 Å².